The predicted octanol–water partition coefficient (Wildman–Crippen LogP) is 6.40. The van der Waals surface area contributed by atoms with E-state index in [1.54, 1.807) is 11.3 Å². The van der Waals surface area contributed by atoms with Crippen LogP contribution in [0.15, 0.2) is 47.3 Å². The molecule has 0 saturated carbocycles. The number of halogens is 2. The Morgan fingerprint density at radius 3 is 2.62 bits per heavy atom. The van der Waals surface area contributed by atoms with Gasteiger partial charge in [-0.2, -0.15) is 0 Å². The standard InChI is InChI=1S/C24H23I2N3O2S/c1-24(2,3)21-19(10-14-8-13-6-4-5-7-18(13)28-22(14)31)32-23(29-21)27-12-15-9-16(25)11-17(26)20(15)30/h4-9,11,30H,10,12H2,1-3H3,(H,27,29)(H,28,31). The lowest BCUT2D eigenvalue weighted by Crippen LogP contribution is -2.17. The summed E-state index contributed by atoms with van der Waals surface area (Å²) in [5, 5.41) is 15.6. The Morgan fingerprint density at radius 2 is 1.88 bits per heavy atom. The first-order chi connectivity index (χ1) is 15.1. The lowest BCUT2D eigenvalue weighted by atomic mass is 9.90. The molecule has 3 N–H and O–H groups in total. The van der Waals surface area contributed by atoms with Crippen LogP contribution in [-0.4, -0.2) is 15.1 Å². The van der Waals surface area contributed by atoms with Gasteiger partial charge < -0.3 is 15.4 Å². The molecule has 0 fully saturated rings. The number of nitrogens with one attached hydrogen (secondary N) is 2. The minimum Gasteiger partial charge on any atom is -0.506 e. The minimum atomic E-state index is -0.158. The van der Waals surface area contributed by atoms with E-state index in [1.165, 1.54) is 0 Å². The maximum absolute atomic E-state index is 12.7. The fraction of sp³-hybridized carbons (Fsp3) is 0.250. The number of hydrogen-bond donors (Lipinski definition) is 3. The molecule has 0 spiro atoms. The number of para-hydroxylation sites is 1. The zero-order chi connectivity index (χ0) is 23.0. The summed E-state index contributed by atoms with van der Waals surface area (Å²) in [6.07, 6.45) is 0.526. The first-order valence-corrected chi connectivity index (χ1v) is 13.1. The molecular weight excluding hydrogens is 648 g/mol. The molecule has 0 aliphatic rings. The van der Waals surface area contributed by atoms with Crippen molar-refractivity contribution in [2.75, 3.05) is 5.32 Å². The summed E-state index contributed by atoms with van der Waals surface area (Å²) >= 11 is 5.97. The SMILES string of the molecule is CC(C)(C)c1nc(NCc2cc(I)cc(I)c2O)sc1Cc1cc2ccccc2[nH]c1=O. The summed E-state index contributed by atoms with van der Waals surface area (Å²) < 4.78 is 1.91. The van der Waals surface area contributed by atoms with Crippen LogP contribution in [0.3, 0.4) is 0 Å². The number of benzene rings is 2. The van der Waals surface area contributed by atoms with E-state index in [0.717, 1.165) is 44.9 Å². The number of aromatic hydroxyl groups is 1. The Balaban J connectivity index is 1.65. The molecule has 2 aromatic heterocycles. The van der Waals surface area contributed by atoms with Crippen LogP contribution in [0.5, 0.6) is 5.75 Å². The van der Waals surface area contributed by atoms with Crippen LogP contribution in [0.25, 0.3) is 10.9 Å². The van der Waals surface area contributed by atoms with Gasteiger partial charge in [-0.3, -0.25) is 4.79 Å². The number of aromatic amines is 1. The number of nitrogens with zero attached hydrogens (tertiary/aromatic N) is 1. The lowest BCUT2D eigenvalue weighted by molar-refractivity contribution is 0.465. The van der Waals surface area contributed by atoms with Crippen LogP contribution < -0.4 is 10.9 Å². The fourth-order valence-corrected chi connectivity index (χ4v) is 6.71. The van der Waals surface area contributed by atoms with Crippen LogP contribution in [0, 0.1) is 7.14 Å². The second-order valence-corrected chi connectivity index (χ2v) is 12.2. The summed E-state index contributed by atoms with van der Waals surface area (Å²) in [6, 6.07) is 13.7. The third kappa shape index (κ3) is 5.12. The van der Waals surface area contributed by atoms with E-state index in [1.807, 2.05) is 42.5 Å². The molecule has 0 radical (unpaired) electrons. The molecule has 0 unspecified atom stereocenters. The van der Waals surface area contributed by atoms with Gasteiger partial charge in [0, 0.05) is 43.5 Å². The van der Waals surface area contributed by atoms with Gasteiger partial charge in [0.25, 0.3) is 5.56 Å². The van der Waals surface area contributed by atoms with Crippen LogP contribution >= 0.6 is 56.5 Å². The molecule has 0 bridgehead atoms. The van der Waals surface area contributed by atoms with E-state index in [2.05, 4.69) is 76.3 Å². The molecule has 0 amide bonds. The number of fused-ring (bicyclic) bond motifs is 1. The molecule has 0 saturated heterocycles. The van der Waals surface area contributed by atoms with Crippen molar-refractivity contribution in [3.05, 3.63) is 81.7 Å². The summed E-state index contributed by atoms with van der Waals surface area (Å²) in [5.41, 5.74) is 3.17. The molecule has 2 aromatic carbocycles. The number of anilines is 1. The molecule has 4 aromatic rings. The van der Waals surface area contributed by atoms with Crippen molar-refractivity contribution >= 4 is 72.6 Å². The highest BCUT2D eigenvalue weighted by Crippen LogP contribution is 2.34. The summed E-state index contributed by atoms with van der Waals surface area (Å²) in [5.74, 6) is 0.300. The first kappa shape index (κ1) is 23.5. The molecule has 0 atom stereocenters. The molecule has 2 heterocycles. The smallest absolute Gasteiger partial charge is 0.251 e. The predicted molar refractivity (Wildman–Crippen MR) is 149 cm³/mol. The van der Waals surface area contributed by atoms with Crippen molar-refractivity contribution in [1.82, 2.24) is 9.97 Å². The van der Waals surface area contributed by atoms with Gasteiger partial charge in [0.05, 0.1) is 9.26 Å². The second kappa shape index (κ2) is 9.30. The highest BCUT2D eigenvalue weighted by atomic mass is 127. The Labute approximate surface area is 218 Å². The zero-order valence-electron chi connectivity index (χ0n) is 17.9. The number of H-pyrrole nitrogens is 1. The number of pyridine rings is 1. The van der Waals surface area contributed by atoms with Gasteiger partial charge in [0.2, 0.25) is 0 Å². The Kier molecular flexibility index (Phi) is 6.83. The first-order valence-electron chi connectivity index (χ1n) is 10.1. The van der Waals surface area contributed by atoms with Gasteiger partial charge >= 0.3 is 0 Å². The number of phenols is 1. The summed E-state index contributed by atoms with van der Waals surface area (Å²) in [4.78, 5) is 21.6. The molecule has 166 valence electrons. The van der Waals surface area contributed by atoms with Gasteiger partial charge in [-0.25, -0.2) is 4.98 Å². The average molecular weight is 671 g/mol. The van der Waals surface area contributed by atoms with E-state index >= 15 is 0 Å². The maximum Gasteiger partial charge on any atom is 0.251 e. The quantitative estimate of drug-likeness (QED) is 0.215. The highest BCUT2D eigenvalue weighted by Gasteiger charge is 2.24. The van der Waals surface area contributed by atoms with Crippen LogP contribution in [-0.2, 0) is 18.4 Å². The molecule has 0 aliphatic carbocycles. The Bertz CT molecular complexity index is 1360. The number of thiazole rings is 1. The molecule has 32 heavy (non-hydrogen) atoms. The topological polar surface area (TPSA) is 78.0 Å². The zero-order valence-corrected chi connectivity index (χ0v) is 23.1. The number of aromatic nitrogens is 2. The van der Waals surface area contributed by atoms with Crippen LogP contribution in [0.4, 0.5) is 5.13 Å². The third-order valence-corrected chi connectivity index (χ3v) is 7.58. The van der Waals surface area contributed by atoms with Gasteiger partial charge in [-0.05, 0) is 74.8 Å². The van der Waals surface area contributed by atoms with Crippen molar-refractivity contribution in [2.24, 2.45) is 0 Å². The molecule has 8 heteroatoms. The van der Waals surface area contributed by atoms with Crippen molar-refractivity contribution in [3.8, 4) is 5.75 Å². The van der Waals surface area contributed by atoms with Crippen molar-refractivity contribution < 1.29 is 5.11 Å². The van der Waals surface area contributed by atoms with E-state index in [4.69, 9.17) is 4.98 Å². The number of phenolic OH excluding ortho intramolecular Hbond substituents is 1. The Hall–Kier alpha value is -1.66. The molecule has 4 rings (SSSR count). The minimum absolute atomic E-state index is 0.0650. The lowest BCUT2D eigenvalue weighted by Gasteiger charge is -2.17. The van der Waals surface area contributed by atoms with E-state index in [0.29, 0.717) is 18.7 Å². The van der Waals surface area contributed by atoms with Crippen LogP contribution in [0.1, 0.15) is 42.5 Å². The molecule has 5 nitrogen and oxygen atoms in total. The van der Waals surface area contributed by atoms with Crippen molar-refractivity contribution in [1.29, 1.82) is 0 Å². The van der Waals surface area contributed by atoms with Gasteiger partial charge in [-0.1, -0.05) is 39.0 Å². The highest BCUT2D eigenvalue weighted by molar-refractivity contribution is 14.1. The van der Waals surface area contributed by atoms with E-state index < -0.39 is 0 Å². The van der Waals surface area contributed by atoms with E-state index in [9.17, 15) is 9.90 Å². The Morgan fingerprint density at radius 1 is 1.12 bits per heavy atom. The molecule has 0 aliphatic heterocycles. The van der Waals surface area contributed by atoms with Gasteiger partial charge in [0.15, 0.2) is 5.13 Å². The van der Waals surface area contributed by atoms with E-state index in [-0.39, 0.29) is 11.0 Å². The largest absolute Gasteiger partial charge is 0.506 e. The third-order valence-electron chi connectivity index (χ3n) is 5.13. The van der Waals surface area contributed by atoms with Gasteiger partial charge in [0.1, 0.15) is 5.75 Å². The fourth-order valence-electron chi connectivity index (χ4n) is 3.55. The summed E-state index contributed by atoms with van der Waals surface area (Å²) in [7, 11) is 0. The second-order valence-electron chi connectivity index (χ2n) is 8.68. The van der Waals surface area contributed by atoms with Crippen molar-refractivity contribution in [3.63, 3.8) is 0 Å². The average Bonchev–Trinajstić information content (AvgIpc) is 3.13. The monoisotopic (exact) mass is 671 g/mol. The normalized spacial score (nSPS) is 11.8. The summed E-state index contributed by atoms with van der Waals surface area (Å²) in [6.45, 7) is 6.88. The molecular formula is C24H23I2N3O2S. The van der Waals surface area contributed by atoms with Gasteiger partial charge in [-0.15, -0.1) is 11.3 Å². The maximum atomic E-state index is 12.7. The number of hydrogen-bond acceptors (Lipinski definition) is 5. The van der Waals surface area contributed by atoms with Crippen LogP contribution in [0.2, 0.25) is 0 Å². The number of rotatable bonds is 5. The van der Waals surface area contributed by atoms with Crippen molar-refractivity contribution in [2.45, 2.75) is 39.2 Å².